The number of ether oxygens (including phenoxy) is 2. The van der Waals surface area contributed by atoms with Crippen molar-refractivity contribution in [2.24, 2.45) is 0 Å². The van der Waals surface area contributed by atoms with Gasteiger partial charge in [0.2, 0.25) is 0 Å². The van der Waals surface area contributed by atoms with E-state index in [1.54, 1.807) is 35.4 Å². The van der Waals surface area contributed by atoms with Crippen molar-refractivity contribution in [3.05, 3.63) is 124 Å². The predicted octanol–water partition coefficient (Wildman–Crippen LogP) is 6.58. The van der Waals surface area contributed by atoms with Crippen LogP contribution in [0.4, 0.5) is 13.2 Å². The largest absolute Gasteiger partial charge is 0.573 e. The summed E-state index contributed by atoms with van der Waals surface area (Å²) in [6.45, 7) is 8.48. The second-order valence-corrected chi connectivity index (χ2v) is 10.2. The summed E-state index contributed by atoms with van der Waals surface area (Å²) in [5.74, 6) is 0.419. The molecule has 5 aromatic heterocycles. The van der Waals surface area contributed by atoms with Crippen molar-refractivity contribution < 1.29 is 22.6 Å². The molecule has 7 rings (SSSR count). The van der Waals surface area contributed by atoms with Gasteiger partial charge in [0.15, 0.2) is 11.0 Å². The number of nitrogens with one attached hydrogen (secondary N) is 1. The third kappa shape index (κ3) is 7.67. The topological polar surface area (TPSA) is 143 Å². The van der Waals surface area contributed by atoms with Gasteiger partial charge in [0.25, 0.3) is 11.1 Å². The van der Waals surface area contributed by atoms with Gasteiger partial charge >= 0.3 is 6.36 Å². The van der Waals surface area contributed by atoms with E-state index < -0.39 is 11.9 Å². The molecule has 7 aromatic rings. The van der Waals surface area contributed by atoms with E-state index in [0.717, 1.165) is 40.3 Å². The van der Waals surface area contributed by atoms with Crippen LogP contribution in [0.5, 0.6) is 11.5 Å². The van der Waals surface area contributed by atoms with Crippen LogP contribution in [-0.4, -0.2) is 52.2 Å². The fourth-order valence-electron chi connectivity index (χ4n) is 4.97. The number of aryl methyl sites for hydroxylation is 1. The van der Waals surface area contributed by atoms with Crippen LogP contribution < -0.4 is 20.6 Å². The standard InChI is InChI=1S/C19H17N5O2.C14H8F3N3O2.C2H6/c1-3-26-14-4-5-16(12(2)8-14)24-11-15(13-9-22-23-10-13)17-18(19(24)25)21-7-6-20-17;15-14(16,17)22-10-3-1-9(2-4-10)20-8-5-11-12(13(20)21)19-7-6-18-11;1-2/h4-11H,3H2,1-2H3,(H,22,23);1-8H;1-2H3. The van der Waals surface area contributed by atoms with Crippen LogP contribution in [0.2, 0.25) is 0 Å². The van der Waals surface area contributed by atoms with E-state index in [1.807, 2.05) is 45.9 Å². The van der Waals surface area contributed by atoms with Crippen molar-refractivity contribution in [1.29, 1.82) is 0 Å². The number of benzene rings is 2. The zero-order valence-electron chi connectivity index (χ0n) is 27.3. The molecule has 0 amide bonds. The molecule has 0 atom stereocenters. The molecular formula is C35H31F3N8O4. The Hall–Kier alpha value is -6.38. The minimum absolute atomic E-state index is 0.181. The van der Waals surface area contributed by atoms with Crippen LogP contribution >= 0.6 is 0 Å². The van der Waals surface area contributed by atoms with Gasteiger partial charge in [-0.05, 0) is 67.9 Å². The third-order valence-electron chi connectivity index (χ3n) is 7.06. The van der Waals surface area contributed by atoms with E-state index in [2.05, 4.69) is 34.9 Å². The highest BCUT2D eigenvalue weighted by atomic mass is 19.4. The van der Waals surface area contributed by atoms with Gasteiger partial charge in [0.05, 0.1) is 24.0 Å². The molecule has 0 aliphatic rings. The molecule has 50 heavy (non-hydrogen) atoms. The number of aromatic amines is 1. The number of hydrogen-bond acceptors (Lipinski definition) is 9. The number of aromatic nitrogens is 8. The second kappa shape index (κ2) is 15.2. The molecule has 12 nitrogen and oxygen atoms in total. The van der Waals surface area contributed by atoms with Gasteiger partial charge in [0, 0.05) is 60.2 Å². The number of hydrogen-bond donors (Lipinski definition) is 1. The minimum Gasteiger partial charge on any atom is -0.494 e. The zero-order chi connectivity index (χ0) is 35.8. The van der Waals surface area contributed by atoms with Crippen LogP contribution in [0.1, 0.15) is 26.3 Å². The van der Waals surface area contributed by atoms with Gasteiger partial charge in [0.1, 0.15) is 17.0 Å². The highest BCUT2D eigenvalue weighted by Gasteiger charge is 2.31. The Morgan fingerprint density at radius 1 is 0.800 bits per heavy atom. The highest BCUT2D eigenvalue weighted by molar-refractivity contribution is 5.90. The summed E-state index contributed by atoms with van der Waals surface area (Å²) in [6.07, 6.45) is 7.95. The van der Waals surface area contributed by atoms with Crippen molar-refractivity contribution >= 4 is 22.1 Å². The summed E-state index contributed by atoms with van der Waals surface area (Å²) in [5.41, 5.74) is 4.60. The van der Waals surface area contributed by atoms with Gasteiger partial charge < -0.3 is 9.47 Å². The lowest BCUT2D eigenvalue weighted by molar-refractivity contribution is -0.274. The number of alkyl halides is 3. The summed E-state index contributed by atoms with van der Waals surface area (Å²) in [6, 6.07) is 12.2. The molecule has 0 saturated carbocycles. The van der Waals surface area contributed by atoms with Crippen LogP contribution in [-0.2, 0) is 0 Å². The van der Waals surface area contributed by atoms with Crippen molar-refractivity contribution in [1.82, 2.24) is 39.3 Å². The second-order valence-electron chi connectivity index (χ2n) is 10.2. The van der Waals surface area contributed by atoms with Crippen LogP contribution in [0.25, 0.3) is 44.6 Å². The molecule has 15 heteroatoms. The van der Waals surface area contributed by atoms with Crippen molar-refractivity contribution in [3.8, 4) is 34.0 Å². The van der Waals surface area contributed by atoms with E-state index in [4.69, 9.17) is 4.74 Å². The first-order valence-electron chi connectivity index (χ1n) is 15.4. The van der Waals surface area contributed by atoms with Crippen molar-refractivity contribution in [2.45, 2.75) is 34.1 Å². The molecule has 0 bridgehead atoms. The number of fused-ring (bicyclic) bond motifs is 2. The fourth-order valence-corrected chi connectivity index (χ4v) is 4.97. The number of H-pyrrole nitrogens is 1. The van der Waals surface area contributed by atoms with Crippen LogP contribution in [0.3, 0.4) is 0 Å². The molecule has 0 saturated heterocycles. The number of rotatable bonds is 6. The Bertz CT molecular complexity index is 2340. The Morgan fingerprint density at radius 3 is 2.08 bits per heavy atom. The normalized spacial score (nSPS) is 10.9. The first kappa shape index (κ1) is 34.9. The molecule has 1 N–H and O–H groups in total. The quantitative estimate of drug-likeness (QED) is 0.205. The lowest BCUT2D eigenvalue weighted by atomic mass is 10.1. The van der Waals surface area contributed by atoms with E-state index in [9.17, 15) is 22.8 Å². The van der Waals surface area contributed by atoms with E-state index >= 15 is 0 Å². The summed E-state index contributed by atoms with van der Waals surface area (Å²) < 4.78 is 48.5. The lowest BCUT2D eigenvalue weighted by Crippen LogP contribution is -2.20. The maximum Gasteiger partial charge on any atom is 0.573 e. The lowest BCUT2D eigenvalue weighted by Gasteiger charge is -2.14. The Morgan fingerprint density at radius 2 is 1.44 bits per heavy atom. The molecule has 0 aliphatic heterocycles. The van der Waals surface area contributed by atoms with E-state index in [0.29, 0.717) is 28.8 Å². The Balaban J connectivity index is 0.000000188. The average molecular weight is 685 g/mol. The SMILES string of the molecule is CC.CCOc1ccc(-n2cc(-c3cn[nH]c3)c3nccnc3c2=O)c(C)c1.O=c1c2nccnc2ccn1-c1ccc(OC(F)(F)F)cc1. The van der Waals surface area contributed by atoms with E-state index in [-0.39, 0.29) is 16.8 Å². The van der Waals surface area contributed by atoms with Gasteiger partial charge in [-0.15, -0.1) is 13.2 Å². The Kier molecular flexibility index (Phi) is 10.6. The third-order valence-corrected chi connectivity index (χ3v) is 7.06. The van der Waals surface area contributed by atoms with Gasteiger partial charge in [-0.2, -0.15) is 5.10 Å². The molecule has 0 radical (unpaired) electrons. The smallest absolute Gasteiger partial charge is 0.494 e. The van der Waals surface area contributed by atoms with E-state index in [1.165, 1.54) is 41.5 Å². The summed E-state index contributed by atoms with van der Waals surface area (Å²) in [7, 11) is 0. The number of nitrogens with zero attached hydrogens (tertiary/aromatic N) is 7. The molecular weight excluding hydrogens is 653 g/mol. The summed E-state index contributed by atoms with van der Waals surface area (Å²) in [5, 5.41) is 6.80. The summed E-state index contributed by atoms with van der Waals surface area (Å²) >= 11 is 0. The Labute approximate surface area is 282 Å². The maximum absolute atomic E-state index is 13.0. The molecule has 5 heterocycles. The predicted molar refractivity (Wildman–Crippen MR) is 182 cm³/mol. The maximum atomic E-state index is 13.0. The minimum atomic E-state index is -4.75. The first-order chi connectivity index (χ1) is 24.1. The zero-order valence-corrected chi connectivity index (χ0v) is 27.3. The van der Waals surface area contributed by atoms with Crippen molar-refractivity contribution in [3.63, 3.8) is 0 Å². The fraction of sp³-hybridized carbons (Fsp3) is 0.171. The molecule has 2 aromatic carbocycles. The van der Waals surface area contributed by atoms with Crippen molar-refractivity contribution in [2.75, 3.05) is 6.61 Å². The number of pyridine rings is 2. The van der Waals surface area contributed by atoms with Gasteiger partial charge in [-0.3, -0.25) is 33.8 Å². The molecule has 0 unspecified atom stereocenters. The van der Waals surface area contributed by atoms with Gasteiger partial charge in [-0.1, -0.05) is 13.8 Å². The van der Waals surface area contributed by atoms with Crippen LogP contribution in [0, 0.1) is 6.92 Å². The van der Waals surface area contributed by atoms with Crippen LogP contribution in [0.15, 0.2) is 108 Å². The first-order valence-corrected chi connectivity index (χ1v) is 15.4. The molecule has 0 spiro atoms. The average Bonchev–Trinajstić information content (AvgIpc) is 3.66. The molecule has 0 fully saturated rings. The number of halogens is 3. The highest BCUT2D eigenvalue weighted by Crippen LogP contribution is 2.27. The monoisotopic (exact) mass is 684 g/mol. The van der Waals surface area contributed by atoms with Gasteiger partial charge in [-0.25, -0.2) is 9.97 Å². The molecule has 0 aliphatic carbocycles. The molecule has 256 valence electrons. The summed E-state index contributed by atoms with van der Waals surface area (Å²) in [4.78, 5) is 41.9.